The zero-order valence-corrected chi connectivity index (χ0v) is 10.1. The van der Waals surface area contributed by atoms with Gasteiger partial charge >= 0.3 is 0 Å². The summed E-state index contributed by atoms with van der Waals surface area (Å²) in [5, 5.41) is 2.68. The molecule has 0 radical (unpaired) electrons. The number of methoxy groups -OCH3 is 1. The van der Waals surface area contributed by atoms with Gasteiger partial charge < -0.3 is 10.1 Å². The number of hydrogen-bond donors (Lipinski definition) is 1. The van der Waals surface area contributed by atoms with Crippen LogP contribution < -0.4 is 10.1 Å². The van der Waals surface area contributed by atoms with Crippen LogP contribution >= 0.6 is 0 Å². The second-order valence-electron chi connectivity index (χ2n) is 3.35. The SMILES string of the molecule is CCNC(=O)/C=C/C=C/c1ccccc1OC. The van der Waals surface area contributed by atoms with Gasteiger partial charge in [-0.1, -0.05) is 36.4 Å². The predicted molar refractivity (Wildman–Crippen MR) is 69.9 cm³/mol. The highest BCUT2D eigenvalue weighted by molar-refractivity contribution is 5.87. The number of hydrogen-bond acceptors (Lipinski definition) is 2. The first-order valence-corrected chi connectivity index (χ1v) is 5.53. The van der Waals surface area contributed by atoms with Crippen LogP contribution in [0.25, 0.3) is 6.08 Å². The normalized spacial score (nSPS) is 10.9. The topological polar surface area (TPSA) is 38.3 Å². The van der Waals surface area contributed by atoms with Crippen LogP contribution in [0.15, 0.2) is 42.5 Å². The van der Waals surface area contributed by atoms with Crippen molar-refractivity contribution >= 4 is 12.0 Å². The van der Waals surface area contributed by atoms with Crippen LogP contribution in [0.4, 0.5) is 0 Å². The minimum atomic E-state index is -0.0859. The Kier molecular flexibility index (Phi) is 5.58. The van der Waals surface area contributed by atoms with E-state index in [0.717, 1.165) is 11.3 Å². The van der Waals surface area contributed by atoms with E-state index in [-0.39, 0.29) is 5.91 Å². The lowest BCUT2D eigenvalue weighted by molar-refractivity contribution is -0.116. The molecule has 1 rings (SSSR count). The van der Waals surface area contributed by atoms with Crippen molar-refractivity contribution in [3.05, 3.63) is 48.1 Å². The molecule has 3 nitrogen and oxygen atoms in total. The quantitative estimate of drug-likeness (QED) is 0.624. The fourth-order valence-corrected chi connectivity index (χ4v) is 1.34. The molecule has 0 atom stereocenters. The molecule has 0 unspecified atom stereocenters. The molecule has 0 saturated carbocycles. The number of likely N-dealkylation sites (N-methyl/N-ethyl adjacent to an activating group) is 1. The van der Waals surface area contributed by atoms with Gasteiger partial charge in [0.15, 0.2) is 0 Å². The molecule has 17 heavy (non-hydrogen) atoms. The standard InChI is InChI=1S/C14H17NO2/c1-3-15-14(16)11-7-5-9-12-8-4-6-10-13(12)17-2/h4-11H,3H2,1-2H3,(H,15,16)/b9-5+,11-7+. The fourth-order valence-electron chi connectivity index (χ4n) is 1.34. The number of benzene rings is 1. The van der Waals surface area contributed by atoms with Gasteiger partial charge in [-0.25, -0.2) is 0 Å². The second kappa shape index (κ2) is 7.28. The molecule has 1 aromatic rings. The van der Waals surface area contributed by atoms with Crippen LogP contribution in [0.1, 0.15) is 12.5 Å². The van der Waals surface area contributed by atoms with Crippen molar-refractivity contribution in [3.63, 3.8) is 0 Å². The maximum absolute atomic E-state index is 11.1. The van der Waals surface area contributed by atoms with Crippen LogP contribution in [0.3, 0.4) is 0 Å². The van der Waals surface area contributed by atoms with Gasteiger partial charge in [-0.15, -0.1) is 0 Å². The van der Waals surface area contributed by atoms with Gasteiger partial charge in [0.1, 0.15) is 5.75 Å². The van der Waals surface area contributed by atoms with Crippen LogP contribution in [0.2, 0.25) is 0 Å². The first-order valence-electron chi connectivity index (χ1n) is 5.53. The average Bonchev–Trinajstić information content (AvgIpc) is 2.35. The van der Waals surface area contributed by atoms with Gasteiger partial charge in [0.2, 0.25) is 5.91 Å². The number of carbonyl (C=O) groups is 1. The molecule has 0 aliphatic heterocycles. The molecule has 0 bridgehead atoms. The molecule has 1 aromatic carbocycles. The summed E-state index contributed by atoms with van der Waals surface area (Å²) in [5.74, 6) is 0.729. The Morgan fingerprint density at radius 2 is 2.12 bits per heavy atom. The number of amides is 1. The Morgan fingerprint density at radius 3 is 2.82 bits per heavy atom. The number of ether oxygens (including phenoxy) is 1. The van der Waals surface area contributed by atoms with Crippen molar-refractivity contribution in [2.24, 2.45) is 0 Å². The molecule has 0 aliphatic rings. The maximum atomic E-state index is 11.1. The highest BCUT2D eigenvalue weighted by Crippen LogP contribution is 2.18. The Balaban J connectivity index is 2.62. The summed E-state index contributed by atoms with van der Waals surface area (Å²) in [4.78, 5) is 11.1. The van der Waals surface area contributed by atoms with Crippen LogP contribution in [-0.2, 0) is 4.79 Å². The molecule has 90 valence electrons. The molecule has 3 heteroatoms. The van der Waals surface area contributed by atoms with Crippen molar-refractivity contribution in [2.45, 2.75) is 6.92 Å². The minimum absolute atomic E-state index is 0.0859. The molecular formula is C14H17NO2. The van der Waals surface area contributed by atoms with Gasteiger partial charge in [0.05, 0.1) is 7.11 Å². The van der Waals surface area contributed by atoms with Gasteiger partial charge in [0.25, 0.3) is 0 Å². The monoisotopic (exact) mass is 231 g/mol. The highest BCUT2D eigenvalue weighted by atomic mass is 16.5. The van der Waals surface area contributed by atoms with Crippen LogP contribution in [-0.4, -0.2) is 19.6 Å². The molecule has 0 fully saturated rings. The summed E-state index contributed by atoms with van der Waals surface area (Å²) in [6.07, 6.45) is 6.91. The van der Waals surface area contributed by atoms with E-state index in [1.54, 1.807) is 13.2 Å². The largest absolute Gasteiger partial charge is 0.496 e. The van der Waals surface area contributed by atoms with Crippen molar-refractivity contribution in [2.75, 3.05) is 13.7 Å². The van der Waals surface area contributed by atoms with Crippen molar-refractivity contribution in [1.82, 2.24) is 5.32 Å². The summed E-state index contributed by atoms with van der Waals surface area (Å²) in [6.45, 7) is 2.52. The third-order valence-corrected chi connectivity index (χ3v) is 2.12. The number of carbonyl (C=O) groups excluding carboxylic acids is 1. The smallest absolute Gasteiger partial charge is 0.243 e. The first kappa shape index (κ1) is 13.0. The fraction of sp³-hybridized carbons (Fsp3) is 0.214. The van der Waals surface area contributed by atoms with Crippen molar-refractivity contribution < 1.29 is 9.53 Å². The molecular weight excluding hydrogens is 214 g/mol. The Bertz CT molecular complexity index is 422. The van der Waals surface area contributed by atoms with E-state index in [2.05, 4.69) is 5.32 Å². The van der Waals surface area contributed by atoms with Gasteiger partial charge in [-0.2, -0.15) is 0 Å². The van der Waals surface area contributed by atoms with Crippen molar-refractivity contribution in [1.29, 1.82) is 0 Å². The lowest BCUT2D eigenvalue weighted by Gasteiger charge is -2.02. The van der Waals surface area contributed by atoms with Gasteiger partial charge in [-0.05, 0) is 13.0 Å². The average molecular weight is 231 g/mol. The summed E-state index contributed by atoms with van der Waals surface area (Å²) < 4.78 is 5.21. The zero-order chi connectivity index (χ0) is 12.5. The predicted octanol–water partition coefficient (Wildman–Crippen LogP) is 2.40. The third kappa shape index (κ3) is 4.55. The van der Waals surface area contributed by atoms with E-state index in [4.69, 9.17) is 4.74 Å². The number of rotatable bonds is 5. The first-order chi connectivity index (χ1) is 8.27. The molecule has 1 amide bonds. The van der Waals surface area contributed by atoms with Crippen molar-refractivity contribution in [3.8, 4) is 5.75 Å². The van der Waals surface area contributed by atoms with Crippen LogP contribution in [0.5, 0.6) is 5.75 Å². The number of allylic oxidation sites excluding steroid dienone is 2. The summed E-state index contributed by atoms with van der Waals surface area (Å²) >= 11 is 0. The van der Waals surface area contributed by atoms with E-state index in [1.807, 2.05) is 43.3 Å². The van der Waals surface area contributed by atoms with Gasteiger partial charge in [0, 0.05) is 18.2 Å². The van der Waals surface area contributed by atoms with E-state index >= 15 is 0 Å². The molecule has 0 aromatic heterocycles. The Morgan fingerprint density at radius 1 is 1.35 bits per heavy atom. The molecule has 0 aliphatic carbocycles. The minimum Gasteiger partial charge on any atom is -0.496 e. The zero-order valence-electron chi connectivity index (χ0n) is 10.1. The summed E-state index contributed by atoms with van der Waals surface area (Å²) in [7, 11) is 1.64. The Hall–Kier alpha value is -2.03. The summed E-state index contributed by atoms with van der Waals surface area (Å²) in [5.41, 5.74) is 0.982. The maximum Gasteiger partial charge on any atom is 0.243 e. The lowest BCUT2D eigenvalue weighted by atomic mass is 10.2. The van der Waals surface area contributed by atoms with E-state index in [9.17, 15) is 4.79 Å². The number of nitrogens with one attached hydrogen (secondary N) is 1. The molecule has 0 heterocycles. The lowest BCUT2D eigenvalue weighted by Crippen LogP contribution is -2.19. The summed E-state index contributed by atoms with van der Waals surface area (Å²) in [6, 6.07) is 7.71. The van der Waals surface area contributed by atoms with E-state index in [0.29, 0.717) is 6.54 Å². The van der Waals surface area contributed by atoms with E-state index < -0.39 is 0 Å². The van der Waals surface area contributed by atoms with Crippen LogP contribution in [0, 0.1) is 0 Å². The second-order valence-corrected chi connectivity index (χ2v) is 3.35. The highest BCUT2D eigenvalue weighted by Gasteiger charge is 1.95. The van der Waals surface area contributed by atoms with E-state index in [1.165, 1.54) is 6.08 Å². The molecule has 1 N–H and O–H groups in total. The molecule has 0 saturated heterocycles. The Labute approximate surface area is 102 Å². The molecule has 0 spiro atoms. The third-order valence-electron chi connectivity index (χ3n) is 2.12. The van der Waals surface area contributed by atoms with Gasteiger partial charge in [-0.3, -0.25) is 4.79 Å². The number of para-hydroxylation sites is 1.